The van der Waals surface area contributed by atoms with E-state index in [0.29, 0.717) is 23.0 Å². The number of nitrogens with one attached hydrogen (secondary N) is 1. The summed E-state index contributed by atoms with van der Waals surface area (Å²) in [6, 6.07) is 7.90. The average molecular weight is 449 g/mol. The summed E-state index contributed by atoms with van der Waals surface area (Å²) >= 11 is 0. The number of carbonyl (C=O) groups is 1. The van der Waals surface area contributed by atoms with Gasteiger partial charge in [-0.3, -0.25) is 5.32 Å². The Morgan fingerprint density at radius 1 is 1.12 bits per heavy atom. The minimum absolute atomic E-state index is 0.0728. The molecule has 0 atom stereocenters. The van der Waals surface area contributed by atoms with E-state index in [1.807, 2.05) is 0 Å². The molecule has 0 aliphatic heterocycles. The summed E-state index contributed by atoms with van der Waals surface area (Å²) in [6.45, 7) is 5.19. The molecule has 3 rings (SSSR count). The first-order valence-corrected chi connectivity index (χ1v) is 9.57. The van der Waals surface area contributed by atoms with Crippen LogP contribution < -0.4 is 10.1 Å². The molecule has 0 saturated carbocycles. The number of ether oxygens (including phenoxy) is 2. The normalized spacial score (nSPS) is 11.8. The van der Waals surface area contributed by atoms with Crippen molar-refractivity contribution in [3.05, 3.63) is 54.0 Å². The van der Waals surface area contributed by atoms with Gasteiger partial charge in [-0.1, -0.05) is 6.07 Å². The van der Waals surface area contributed by atoms with Gasteiger partial charge < -0.3 is 14.0 Å². The van der Waals surface area contributed by atoms with Crippen molar-refractivity contribution in [3.8, 4) is 17.1 Å². The van der Waals surface area contributed by atoms with Crippen LogP contribution in [0.4, 0.5) is 23.8 Å². The fourth-order valence-corrected chi connectivity index (χ4v) is 2.66. The number of amides is 1. The number of carbonyl (C=O) groups excluding carboxylic acids is 1. The van der Waals surface area contributed by atoms with E-state index in [-0.39, 0.29) is 12.4 Å². The Bertz CT molecular complexity index is 1090. The van der Waals surface area contributed by atoms with Gasteiger partial charge in [0.15, 0.2) is 11.6 Å². The van der Waals surface area contributed by atoms with Crippen LogP contribution in [-0.2, 0) is 24.6 Å². The van der Waals surface area contributed by atoms with Gasteiger partial charge in [0.1, 0.15) is 23.8 Å². The van der Waals surface area contributed by atoms with Crippen molar-refractivity contribution in [1.82, 2.24) is 19.7 Å². The summed E-state index contributed by atoms with van der Waals surface area (Å²) in [5, 5.41) is 10.7. The lowest BCUT2D eigenvalue weighted by Gasteiger charge is -2.19. The molecule has 0 aliphatic rings. The third-order valence-electron chi connectivity index (χ3n) is 4.15. The first-order valence-electron chi connectivity index (χ1n) is 9.57. The highest BCUT2D eigenvalue weighted by molar-refractivity contribution is 5.83. The molecule has 2 aromatic heterocycles. The Kier molecular flexibility index (Phi) is 6.37. The summed E-state index contributed by atoms with van der Waals surface area (Å²) in [5.41, 5.74) is -0.797. The number of hydrogen-bond donors (Lipinski definition) is 1. The van der Waals surface area contributed by atoms with Gasteiger partial charge in [-0.2, -0.15) is 13.2 Å². The molecule has 0 unspecified atom stereocenters. The predicted molar refractivity (Wildman–Crippen MR) is 110 cm³/mol. The SMILES string of the molecule is Cn1c(COc2cccc(C(F)(F)F)c2)nnc1-c1ccc(NC(=O)OC(C)(C)C)nc1. The zero-order chi connectivity index (χ0) is 23.5. The van der Waals surface area contributed by atoms with Gasteiger partial charge in [0.25, 0.3) is 0 Å². The molecule has 8 nitrogen and oxygen atoms in total. The van der Waals surface area contributed by atoms with Crippen LogP contribution in [0.1, 0.15) is 32.2 Å². The number of aromatic nitrogens is 4. The minimum Gasteiger partial charge on any atom is -0.486 e. The maximum Gasteiger partial charge on any atom is 0.416 e. The highest BCUT2D eigenvalue weighted by Crippen LogP contribution is 2.31. The summed E-state index contributed by atoms with van der Waals surface area (Å²) in [6.07, 6.45) is -3.56. The first-order chi connectivity index (χ1) is 14.9. The lowest BCUT2D eigenvalue weighted by atomic mass is 10.2. The van der Waals surface area contributed by atoms with Gasteiger partial charge in [0.05, 0.1) is 5.56 Å². The van der Waals surface area contributed by atoms with E-state index in [1.165, 1.54) is 18.3 Å². The Hall–Kier alpha value is -3.63. The fraction of sp³-hybridized carbons (Fsp3) is 0.333. The Labute approximate surface area is 182 Å². The van der Waals surface area contributed by atoms with Gasteiger partial charge in [-0.05, 0) is 51.1 Å². The molecule has 170 valence electrons. The van der Waals surface area contributed by atoms with E-state index < -0.39 is 23.4 Å². The maximum absolute atomic E-state index is 12.8. The van der Waals surface area contributed by atoms with E-state index in [0.717, 1.165) is 12.1 Å². The lowest BCUT2D eigenvalue weighted by molar-refractivity contribution is -0.137. The van der Waals surface area contributed by atoms with Crippen LogP contribution >= 0.6 is 0 Å². The smallest absolute Gasteiger partial charge is 0.416 e. The summed E-state index contributed by atoms with van der Waals surface area (Å²) < 4.78 is 50.8. The predicted octanol–water partition coefficient (Wildman–Crippen LogP) is 4.82. The molecule has 0 radical (unpaired) electrons. The third-order valence-corrected chi connectivity index (χ3v) is 4.15. The van der Waals surface area contributed by atoms with E-state index in [4.69, 9.17) is 9.47 Å². The second-order valence-electron chi connectivity index (χ2n) is 7.87. The molecular weight excluding hydrogens is 427 g/mol. The van der Waals surface area contributed by atoms with Crippen LogP contribution in [0.5, 0.6) is 5.75 Å². The molecule has 11 heteroatoms. The van der Waals surface area contributed by atoms with Crippen LogP contribution in [0.25, 0.3) is 11.4 Å². The molecule has 0 spiro atoms. The lowest BCUT2D eigenvalue weighted by Crippen LogP contribution is -2.27. The molecule has 0 aliphatic carbocycles. The van der Waals surface area contributed by atoms with E-state index in [9.17, 15) is 18.0 Å². The van der Waals surface area contributed by atoms with Crippen LogP contribution in [-0.4, -0.2) is 31.4 Å². The van der Waals surface area contributed by atoms with Crippen molar-refractivity contribution in [2.24, 2.45) is 7.05 Å². The number of anilines is 1. The van der Waals surface area contributed by atoms with Crippen molar-refractivity contribution in [2.75, 3.05) is 5.32 Å². The molecule has 0 bridgehead atoms. The number of rotatable bonds is 5. The molecule has 1 amide bonds. The molecule has 3 aromatic rings. The van der Waals surface area contributed by atoms with Crippen molar-refractivity contribution in [1.29, 1.82) is 0 Å². The number of benzene rings is 1. The van der Waals surface area contributed by atoms with E-state index in [2.05, 4.69) is 20.5 Å². The average Bonchev–Trinajstić information content (AvgIpc) is 3.05. The minimum atomic E-state index is -4.45. The first kappa shape index (κ1) is 23.0. The molecule has 1 N–H and O–H groups in total. The molecule has 0 saturated heterocycles. The fourth-order valence-electron chi connectivity index (χ4n) is 2.66. The zero-order valence-corrected chi connectivity index (χ0v) is 17.9. The van der Waals surface area contributed by atoms with Gasteiger partial charge >= 0.3 is 12.3 Å². The summed E-state index contributed by atoms with van der Waals surface area (Å²) in [5.74, 6) is 1.26. The van der Waals surface area contributed by atoms with Crippen molar-refractivity contribution in [3.63, 3.8) is 0 Å². The second-order valence-corrected chi connectivity index (χ2v) is 7.87. The number of pyridine rings is 1. The Morgan fingerprint density at radius 2 is 1.88 bits per heavy atom. The van der Waals surface area contributed by atoms with Crippen molar-refractivity contribution < 1.29 is 27.4 Å². The Balaban J connectivity index is 1.66. The molecule has 0 fully saturated rings. The zero-order valence-electron chi connectivity index (χ0n) is 17.9. The number of hydrogen-bond acceptors (Lipinski definition) is 6. The molecule has 32 heavy (non-hydrogen) atoms. The van der Waals surface area contributed by atoms with Gasteiger partial charge in [0, 0.05) is 18.8 Å². The molecule has 1 aromatic carbocycles. The maximum atomic E-state index is 12.8. The molecule has 2 heterocycles. The standard InChI is InChI=1S/C21H22F3N5O3/c1-20(2,3)32-19(30)26-16-9-8-13(11-25-16)18-28-27-17(29(18)4)12-31-15-7-5-6-14(10-15)21(22,23)24/h5-11H,12H2,1-4H3,(H,25,26,30). The van der Waals surface area contributed by atoms with Crippen LogP contribution in [0, 0.1) is 0 Å². The topological polar surface area (TPSA) is 91.2 Å². The summed E-state index contributed by atoms with van der Waals surface area (Å²) in [4.78, 5) is 16.0. The quantitative estimate of drug-likeness (QED) is 0.601. The Morgan fingerprint density at radius 3 is 2.50 bits per heavy atom. The number of alkyl halides is 3. The van der Waals surface area contributed by atoms with Crippen molar-refractivity contribution in [2.45, 2.75) is 39.2 Å². The van der Waals surface area contributed by atoms with Crippen molar-refractivity contribution >= 4 is 11.9 Å². The second kappa shape index (κ2) is 8.85. The van der Waals surface area contributed by atoms with E-state index >= 15 is 0 Å². The van der Waals surface area contributed by atoms with Gasteiger partial charge in [0.2, 0.25) is 0 Å². The monoisotopic (exact) mass is 449 g/mol. The van der Waals surface area contributed by atoms with Crippen LogP contribution in [0.15, 0.2) is 42.6 Å². The largest absolute Gasteiger partial charge is 0.486 e. The van der Waals surface area contributed by atoms with Gasteiger partial charge in [-0.25, -0.2) is 9.78 Å². The van der Waals surface area contributed by atoms with Gasteiger partial charge in [-0.15, -0.1) is 10.2 Å². The highest BCUT2D eigenvalue weighted by Gasteiger charge is 2.30. The third kappa shape index (κ3) is 5.96. The highest BCUT2D eigenvalue weighted by atomic mass is 19.4. The number of nitrogens with zero attached hydrogens (tertiary/aromatic N) is 4. The van der Waals surface area contributed by atoms with Crippen LogP contribution in [0.2, 0.25) is 0 Å². The van der Waals surface area contributed by atoms with E-state index in [1.54, 1.807) is 44.5 Å². The van der Waals surface area contributed by atoms with Crippen LogP contribution in [0.3, 0.4) is 0 Å². The number of halogens is 3. The molecular formula is C21H22F3N5O3. The summed E-state index contributed by atoms with van der Waals surface area (Å²) in [7, 11) is 1.70.